The van der Waals surface area contributed by atoms with E-state index in [9.17, 15) is 9.59 Å². The van der Waals surface area contributed by atoms with E-state index in [0.717, 1.165) is 10.1 Å². The Morgan fingerprint density at radius 3 is 2.86 bits per heavy atom. The molecule has 2 rings (SSSR count). The average molecular weight is 211 g/mol. The van der Waals surface area contributed by atoms with E-state index in [0.29, 0.717) is 11.0 Å². The second kappa shape index (κ2) is 2.99. The molecule has 0 aliphatic rings. The molecule has 1 aromatic heterocycles. The lowest BCUT2D eigenvalue weighted by molar-refractivity contribution is 0.261. The number of hydrogen-bond donors (Lipinski definition) is 1. The second-order valence-electron chi connectivity index (χ2n) is 2.99. The SMILES string of the molecule is Cc1cccc2c1[nH]c(=O)n2C(=O)Cl. The molecule has 0 amide bonds. The molecular formula is C9H7ClN2O2. The highest BCUT2D eigenvalue weighted by atomic mass is 35.5. The van der Waals surface area contributed by atoms with Crippen LogP contribution in [-0.2, 0) is 0 Å². The number of carbonyl (C=O) groups is 1. The highest BCUT2D eigenvalue weighted by molar-refractivity contribution is 6.63. The highest BCUT2D eigenvalue weighted by Gasteiger charge is 2.11. The summed E-state index contributed by atoms with van der Waals surface area (Å²) < 4.78 is 0.907. The first-order valence-corrected chi connectivity index (χ1v) is 4.39. The Balaban J connectivity index is 2.98. The van der Waals surface area contributed by atoms with Crippen LogP contribution in [0.1, 0.15) is 5.56 Å². The Bertz CT molecular complexity index is 568. The molecule has 1 aromatic carbocycles. The van der Waals surface area contributed by atoms with Gasteiger partial charge in [0.05, 0.1) is 11.0 Å². The van der Waals surface area contributed by atoms with Gasteiger partial charge in [-0.25, -0.2) is 9.36 Å². The molecule has 0 atom stereocenters. The Morgan fingerprint density at radius 2 is 2.21 bits per heavy atom. The van der Waals surface area contributed by atoms with E-state index in [4.69, 9.17) is 11.6 Å². The van der Waals surface area contributed by atoms with Gasteiger partial charge < -0.3 is 4.98 Å². The van der Waals surface area contributed by atoms with Gasteiger partial charge >= 0.3 is 11.1 Å². The number of nitrogens with one attached hydrogen (secondary N) is 1. The molecule has 72 valence electrons. The predicted octanol–water partition coefficient (Wildman–Crippen LogP) is 1.84. The molecule has 0 saturated heterocycles. The van der Waals surface area contributed by atoms with Crippen LogP contribution >= 0.6 is 11.6 Å². The largest absolute Gasteiger partial charge is 0.334 e. The van der Waals surface area contributed by atoms with Crippen LogP contribution in [0.25, 0.3) is 11.0 Å². The zero-order chi connectivity index (χ0) is 10.3. The fourth-order valence-electron chi connectivity index (χ4n) is 1.45. The van der Waals surface area contributed by atoms with E-state index in [-0.39, 0.29) is 0 Å². The molecule has 4 nitrogen and oxygen atoms in total. The van der Waals surface area contributed by atoms with Gasteiger partial charge in [-0.3, -0.25) is 4.79 Å². The van der Waals surface area contributed by atoms with E-state index in [2.05, 4.69) is 4.98 Å². The third-order valence-corrected chi connectivity index (χ3v) is 2.27. The summed E-state index contributed by atoms with van der Waals surface area (Å²) in [7, 11) is 0. The summed E-state index contributed by atoms with van der Waals surface area (Å²) in [5, 5.41) is -0.799. The van der Waals surface area contributed by atoms with Gasteiger partial charge in [-0.05, 0) is 30.2 Å². The van der Waals surface area contributed by atoms with Crippen molar-refractivity contribution in [3.05, 3.63) is 34.2 Å². The standard InChI is InChI=1S/C9H7ClN2O2/c1-5-3-2-4-6-7(5)11-9(14)12(6)8(10)13/h2-4H,1H3,(H,11,14). The van der Waals surface area contributed by atoms with Gasteiger partial charge in [-0.1, -0.05) is 12.1 Å². The zero-order valence-electron chi connectivity index (χ0n) is 7.37. The molecule has 0 spiro atoms. The predicted molar refractivity (Wildman–Crippen MR) is 53.9 cm³/mol. The summed E-state index contributed by atoms with van der Waals surface area (Å²) in [6, 6.07) is 5.28. The maximum atomic E-state index is 11.3. The van der Waals surface area contributed by atoms with E-state index in [1.807, 2.05) is 13.0 Å². The molecule has 1 heterocycles. The van der Waals surface area contributed by atoms with Crippen LogP contribution < -0.4 is 5.69 Å². The van der Waals surface area contributed by atoms with Crippen LogP contribution in [0.15, 0.2) is 23.0 Å². The number of fused-ring (bicyclic) bond motifs is 1. The first kappa shape index (κ1) is 9.02. The number of para-hydroxylation sites is 1. The van der Waals surface area contributed by atoms with Crippen molar-refractivity contribution in [1.82, 2.24) is 9.55 Å². The monoisotopic (exact) mass is 210 g/mol. The van der Waals surface area contributed by atoms with Crippen molar-refractivity contribution in [2.24, 2.45) is 0 Å². The van der Waals surface area contributed by atoms with Crippen molar-refractivity contribution in [2.45, 2.75) is 6.92 Å². The van der Waals surface area contributed by atoms with Crippen LogP contribution in [0.2, 0.25) is 0 Å². The highest BCUT2D eigenvalue weighted by Crippen LogP contribution is 2.14. The first-order valence-electron chi connectivity index (χ1n) is 4.01. The molecule has 0 fully saturated rings. The van der Waals surface area contributed by atoms with Crippen molar-refractivity contribution in [3.63, 3.8) is 0 Å². The first-order chi connectivity index (χ1) is 6.61. The Kier molecular flexibility index (Phi) is 1.93. The van der Waals surface area contributed by atoms with Gasteiger partial charge in [0.2, 0.25) is 0 Å². The van der Waals surface area contributed by atoms with Crippen molar-refractivity contribution < 1.29 is 4.79 Å². The summed E-state index contributed by atoms with van der Waals surface area (Å²) in [6.45, 7) is 1.85. The van der Waals surface area contributed by atoms with Gasteiger partial charge in [0.1, 0.15) is 0 Å². The van der Waals surface area contributed by atoms with Crippen LogP contribution in [0.5, 0.6) is 0 Å². The number of aryl methyl sites for hydroxylation is 1. The molecule has 14 heavy (non-hydrogen) atoms. The number of hydrogen-bond acceptors (Lipinski definition) is 2. The molecule has 1 N–H and O–H groups in total. The van der Waals surface area contributed by atoms with E-state index >= 15 is 0 Å². The number of carbonyl (C=O) groups excluding carboxylic acids is 1. The van der Waals surface area contributed by atoms with Gasteiger partial charge in [0, 0.05) is 0 Å². The summed E-state index contributed by atoms with van der Waals surface area (Å²) in [6.07, 6.45) is 0. The van der Waals surface area contributed by atoms with E-state index in [1.165, 1.54) is 0 Å². The molecular weight excluding hydrogens is 204 g/mol. The molecule has 0 bridgehead atoms. The quantitative estimate of drug-likeness (QED) is 0.675. The maximum Gasteiger partial charge on any atom is 0.334 e. The van der Waals surface area contributed by atoms with Crippen molar-refractivity contribution in [1.29, 1.82) is 0 Å². The number of H-pyrrole nitrogens is 1. The van der Waals surface area contributed by atoms with Gasteiger partial charge in [-0.15, -0.1) is 0 Å². The van der Waals surface area contributed by atoms with Crippen LogP contribution in [0.3, 0.4) is 0 Å². The fraction of sp³-hybridized carbons (Fsp3) is 0.111. The van der Waals surface area contributed by atoms with Crippen LogP contribution in [0.4, 0.5) is 4.79 Å². The second-order valence-corrected chi connectivity index (χ2v) is 3.31. The minimum atomic E-state index is -0.799. The normalized spacial score (nSPS) is 10.7. The smallest absolute Gasteiger partial charge is 0.305 e. The molecule has 0 aliphatic heterocycles. The number of aromatic amines is 1. The number of imidazole rings is 1. The molecule has 0 radical (unpaired) electrons. The van der Waals surface area contributed by atoms with Crippen LogP contribution in [0, 0.1) is 6.92 Å². The molecule has 5 heteroatoms. The number of halogens is 1. The van der Waals surface area contributed by atoms with Crippen molar-refractivity contribution in [2.75, 3.05) is 0 Å². The fourth-order valence-corrected chi connectivity index (χ4v) is 1.62. The average Bonchev–Trinajstić information content (AvgIpc) is 2.42. The van der Waals surface area contributed by atoms with Gasteiger partial charge in [-0.2, -0.15) is 0 Å². The Morgan fingerprint density at radius 1 is 1.50 bits per heavy atom. The lowest BCUT2D eigenvalue weighted by Gasteiger charge is -1.96. The summed E-state index contributed by atoms with van der Waals surface area (Å²) in [5.41, 5.74) is 1.55. The zero-order valence-corrected chi connectivity index (χ0v) is 8.13. The van der Waals surface area contributed by atoms with E-state index in [1.54, 1.807) is 12.1 Å². The topological polar surface area (TPSA) is 54.9 Å². The lowest BCUT2D eigenvalue weighted by atomic mass is 10.2. The summed E-state index contributed by atoms with van der Waals surface area (Å²) in [4.78, 5) is 24.9. The van der Waals surface area contributed by atoms with Gasteiger partial charge in [0.15, 0.2) is 0 Å². The number of nitrogens with zero attached hydrogens (tertiary/aromatic N) is 1. The number of aromatic nitrogens is 2. The third-order valence-electron chi connectivity index (χ3n) is 2.10. The molecule has 2 aromatic rings. The summed E-state index contributed by atoms with van der Waals surface area (Å²) >= 11 is 5.29. The minimum Gasteiger partial charge on any atom is -0.305 e. The number of rotatable bonds is 0. The maximum absolute atomic E-state index is 11.3. The molecule has 0 unspecified atom stereocenters. The minimum absolute atomic E-state index is 0.505. The lowest BCUT2D eigenvalue weighted by Crippen LogP contribution is -2.19. The van der Waals surface area contributed by atoms with Crippen molar-refractivity contribution >= 4 is 28.0 Å². The molecule has 0 aliphatic carbocycles. The van der Waals surface area contributed by atoms with Crippen LogP contribution in [-0.4, -0.2) is 14.9 Å². The van der Waals surface area contributed by atoms with Gasteiger partial charge in [0.25, 0.3) is 0 Å². The third kappa shape index (κ3) is 1.15. The summed E-state index contributed by atoms with van der Waals surface area (Å²) in [5.74, 6) is 0. The Hall–Kier alpha value is -1.55. The molecule has 0 saturated carbocycles. The van der Waals surface area contributed by atoms with E-state index < -0.39 is 11.1 Å². The Labute approximate surface area is 84.1 Å². The number of benzene rings is 1. The van der Waals surface area contributed by atoms with Crippen molar-refractivity contribution in [3.8, 4) is 0 Å².